The number of rotatable bonds is 4. The standard InChI is InChI=1S/C13H18N4O4/c1-13(2)9-14-5-6-15(13)8-10-3-4-11(16(18)19)7-12(10)17(20)21/h3-4,7,14H,5-6,8-9H2,1-2H3. The summed E-state index contributed by atoms with van der Waals surface area (Å²) < 4.78 is 0. The van der Waals surface area contributed by atoms with E-state index in [2.05, 4.69) is 24.1 Å². The molecule has 1 saturated heterocycles. The van der Waals surface area contributed by atoms with Crippen LogP contribution in [0.15, 0.2) is 18.2 Å². The first kappa shape index (κ1) is 15.3. The van der Waals surface area contributed by atoms with Gasteiger partial charge in [0, 0.05) is 43.3 Å². The van der Waals surface area contributed by atoms with E-state index in [1.54, 1.807) is 0 Å². The molecule has 0 atom stereocenters. The molecule has 0 unspecified atom stereocenters. The second kappa shape index (κ2) is 5.74. The molecule has 0 aliphatic carbocycles. The summed E-state index contributed by atoms with van der Waals surface area (Å²) in [6.07, 6.45) is 0. The van der Waals surface area contributed by atoms with Crippen LogP contribution in [0.3, 0.4) is 0 Å². The number of hydrogen-bond donors (Lipinski definition) is 1. The summed E-state index contributed by atoms with van der Waals surface area (Å²) in [5.41, 5.74) is -0.0717. The van der Waals surface area contributed by atoms with Crippen molar-refractivity contribution in [2.45, 2.75) is 25.9 Å². The van der Waals surface area contributed by atoms with Crippen LogP contribution >= 0.6 is 0 Å². The average molecular weight is 294 g/mol. The fraction of sp³-hybridized carbons (Fsp3) is 0.538. The lowest BCUT2D eigenvalue weighted by Crippen LogP contribution is -2.57. The van der Waals surface area contributed by atoms with Gasteiger partial charge in [-0.05, 0) is 19.9 Å². The number of nitro groups is 2. The molecule has 2 rings (SSSR count). The third-order valence-corrected chi connectivity index (χ3v) is 3.81. The average Bonchev–Trinajstić information content (AvgIpc) is 2.41. The SMILES string of the molecule is CC1(C)CNCCN1Cc1ccc([N+](=O)[O-])cc1[N+](=O)[O-]. The highest BCUT2D eigenvalue weighted by molar-refractivity contribution is 5.49. The van der Waals surface area contributed by atoms with E-state index >= 15 is 0 Å². The Kier molecular flexibility index (Phi) is 4.19. The molecule has 0 saturated carbocycles. The Morgan fingerprint density at radius 1 is 1.29 bits per heavy atom. The first-order valence-electron chi connectivity index (χ1n) is 6.69. The van der Waals surface area contributed by atoms with E-state index in [0.717, 1.165) is 25.7 Å². The van der Waals surface area contributed by atoms with Crippen molar-refractivity contribution in [3.63, 3.8) is 0 Å². The van der Waals surface area contributed by atoms with Crippen molar-refractivity contribution in [2.24, 2.45) is 0 Å². The molecule has 0 aromatic heterocycles. The molecule has 21 heavy (non-hydrogen) atoms. The fourth-order valence-corrected chi connectivity index (χ4v) is 2.49. The van der Waals surface area contributed by atoms with Crippen LogP contribution in [0, 0.1) is 20.2 Å². The van der Waals surface area contributed by atoms with Gasteiger partial charge >= 0.3 is 0 Å². The van der Waals surface area contributed by atoms with Crippen LogP contribution in [0.1, 0.15) is 19.4 Å². The normalized spacial score (nSPS) is 18.4. The third-order valence-electron chi connectivity index (χ3n) is 3.81. The minimum atomic E-state index is -0.620. The van der Waals surface area contributed by atoms with Gasteiger partial charge in [-0.1, -0.05) is 0 Å². The zero-order valence-corrected chi connectivity index (χ0v) is 12.0. The molecule has 0 bridgehead atoms. The first-order valence-corrected chi connectivity index (χ1v) is 6.69. The van der Waals surface area contributed by atoms with E-state index in [4.69, 9.17) is 0 Å². The zero-order valence-electron chi connectivity index (χ0n) is 12.0. The molecule has 1 heterocycles. The summed E-state index contributed by atoms with van der Waals surface area (Å²) in [6.45, 7) is 6.94. The van der Waals surface area contributed by atoms with Crippen LogP contribution in [0.5, 0.6) is 0 Å². The smallest absolute Gasteiger partial charge is 0.280 e. The molecule has 0 radical (unpaired) electrons. The summed E-state index contributed by atoms with van der Waals surface area (Å²) in [6, 6.07) is 3.83. The predicted octanol–water partition coefficient (Wildman–Crippen LogP) is 1.69. The Morgan fingerprint density at radius 2 is 2.00 bits per heavy atom. The van der Waals surface area contributed by atoms with Gasteiger partial charge in [0.25, 0.3) is 11.4 Å². The predicted molar refractivity (Wildman–Crippen MR) is 77.1 cm³/mol. The third kappa shape index (κ3) is 3.34. The molecule has 1 aromatic carbocycles. The molecule has 1 fully saturated rings. The van der Waals surface area contributed by atoms with Gasteiger partial charge in [0.1, 0.15) is 0 Å². The van der Waals surface area contributed by atoms with Crippen LogP contribution in [0.2, 0.25) is 0 Å². The van der Waals surface area contributed by atoms with Crippen molar-refractivity contribution >= 4 is 11.4 Å². The lowest BCUT2D eigenvalue weighted by molar-refractivity contribution is -0.394. The summed E-state index contributed by atoms with van der Waals surface area (Å²) in [7, 11) is 0. The van der Waals surface area contributed by atoms with E-state index in [9.17, 15) is 20.2 Å². The lowest BCUT2D eigenvalue weighted by Gasteiger charge is -2.42. The molecule has 1 aliphatic rings. The minimum absolute atomic E-state index is 0.117. The van der Waals surface area contributed by atoms with Crippen molar-refractivity contribution < 1.29 is 9.85 Å². The van der Waals surface area contributed by atoms with Gasteiger partial charge in [0.2, 0.25) is 0 Å². The van der Waals surface area contributed by atoms with Crippen molar-refractivity contribution in [2.75, 3.05) is 19.6 Å². The fourth-order valence-electron chi connectivity index (χ4n) is 2.49. The van der Waals surface area contributed by atoms with Crippen molar-refractivity contribution in [1.29, 1.82) is 0 Å². The highest BCUT2D eigenvalue weighted by Gasteiger charge is 2.31. The Labute approximate surface area is 122 Å². The van der Waals surface area contributed by atoms with E-state index in [1.165, 1.54) is 12.1 Å². The van der Waals surface area contributed by atoms with Gasteiger partial charge in [0.15, 0.2) is 0 Å². The second-order valence-corrected chi connectivity index (χ2v) is 5.74. The van der Waals surface area contributed by atoms with Crippen LogP contribution in [0.25, 0.3) is 0 Å². The molecule has 1 aliphatic heterocycles. The molecule has 1 aromatic rings. The van der Waals surface area contributed by atoms with Crippen LogP contribution in [0.4, 0.5) is 11.4 Å². The number of nitrogens with one attached hydrogen (secondary N) is 1. The largest absolute Gasteiger partial charge is 0.314 e. The number of nitrogens with zero attached hydrogens (tertiary/aromatic N) is 3. The first-order chi connectivity index (χ1) is 9.81. The summed E-state index contributed by atoms with van der Waals surface area (Å²) >= 11 is 0. The van der Waals surface area contributed by atoms with Gasteiger partial charge in [-0.25, -0.2) is 0 Å². The molecule has 114 valence electrons. The molecular formula is C13H18N4O4. The number of piperazine rings is 1. The van der Waals surface area contributed by atoms with Gasteiger partial charge in [-0.2, -0.15) is 0 Å². The van der Waals surface area contributed by atoms with Gasteiger partial charge in [-0.15, -0.1) is 0 Å². The molecule has 8 nitrogen and oxygen atoms in total. The molecule has 1 N–H and O–H groups in total. The minimum Gasteiger partial charge on any atom is -0.314 e. The van der Waals surface area contributed by atoms with E-state index in [0.29, 0.717) is 12.1 Å². The Hall–Kier alpha value is -2.06. The maximum absolute atomic E-state index is 11.2. The Morgan fingerprint density at radius 3 is 2.57 bits per heavy atom. The molecule has 0 amide bonds. The van der Waals surface area contributed by atoms with Crippen LogP contribution < -0.4 is 5.32 Å². The molecule has 0 spiro atoms. The Bertz CT molecular complexity index is 573. The summed E-state index contributed by atoms with van der Waals surface area (Å²) in [5, 5.41) is 25.2. The van der Waals surface area contributed by atoms with E-state index in [1.807, 2.05) is 0 Å². The summed E-state index contributed by atoms with van der Waals surface area (Å²) in [4.78, 5) is 22.9. The molecular weight excluding hydrogens is 276 g/mol. The Balaban J connectivity index is 2.31. The second-order valence-electron chi connectivity index (χ2n) is 5.74. The monoisotopic (exact) mass is 294 g/mol. The lowest BCUT2D eigenvalue weighted by atomic mass is 9.98. The van der Waals surface area contributed by atoms with Gasteiger partial charge in [-0.3, -0.25) is 25.1 Å². The molecule has 8 heteroatoms. The van der Waals surface area contributed by atoms with Gasteiger partial charge < -0.3 is 5.32 Å². The number of hydrogen-bond acceptors (Lipinski definition) is 6. The highest BCUT2D eigenvalue weighted by atomic mass is 16.6. The maximum atomic E-state index is 11.2. The van der Waals surface area contributed by atoms with Crippen molar-refractivity contribution in [3.8, 4) is 0 Å². The number of non-ortho nitro benzene ring substituents is 1. The topological polar surface area (TPSA) is 102 Å². The van der Waals surface area contributed by atoms with Crippen molar-refractivity contribution in [1.82, 2.24) is 10.2 Å². The van der Waals surface area contributed by atoms with Crippen LogP contribution in [-0.4, -0.2) is 39.9 Å². The summed E-state index contributed by atoms with van der Waals surface area (Å²) in [5.74, 6) is 0. The maximum Gasteiger partial charge on any atom is 0.280 e. The number of nitro benzene ring substituents is 2. The van der Waals surface area contributed by atoms with Crippen molar-refractivity contribution in [3.05, 3.63) is 44.0 Å². The highest BCUT2D eigenvalue weighted by Crippen LogP contribution is 2.28. The van der Waals surface area contributed by atoms with Gasteiger partial charge in [0.05, 0.1) is 15.9 Å². The number of benzene rings is 1. The zero-order chi connectivity index (χ0) is 15.6. The van der Waals surface area contributed by atoms with Crippen LogP contribution in [-0.2, 0) is 6.54 Å². The van der Waals surface area contributed by atoms with E-state index in [-0.39, 0.29) is 16.9 Å². The quantitative estimate of drug-likeness (QED) is 0.669. The van der Waals surface area contributed by atoms with E-state index < -0.39 is 9.85 Å².